The van der Waals surface area contributed by atoms with Crippen LogP contribution in [0.3, 0.4) is 0 Å². The summed E-state index contributed by atoms with van der Waals surface area (Å²) >= 11 is 0. The third kappa shape index (κ3) is 4.01. The van der Waals surface area contributed by atoms with Gasteiger partial charge in [-0.25, -0.2) is 18.3 Å². The minimum absolute atomic E-state index is 0.0214. The first-order valence-corrected chi connectivity index (χ1v) is 8.87. The van der Waals surface area contributed by atoms with E-state index in [1.165, 1.54) is 24.3 Å². The molecule has 1 saturated carbocycles. The number of amides is 1. The SMILES string of the molecule is Cc1ccc(OC(F)F)c(NC(=O)c2cc3nc(C4CC4)cc(C(F)F)n3n2)c1. The van der Waals surface area contributed by atoms with Crippen molar-refractivity contribution in [3.63, 3.8) is 0 Å². The summed E-state index contributed by atoms with van der Waals surface area (Å²) in [6.07, 6.45) is -1.03. The Labute approximate surface area is 162 Å². The summed E-state index contributed by atoms with van der Waals surface area (Å²) < 4.78 is 57.5. The molecule has 1 amide bonds. The molecule has 2 aromatic heterocycles. The summed E-state index contributed by atoms with van der Waals surface area (Å²) in [5.41, 5.74) is 0.875. The van der Waals surface area contributed by atoms with E-state index in [-0.39, 0.29) is 34.4 Å². The van der Waals surface area contributed by atoms with Crippen molar-refractivity contribution in [2.45, 2.75) is 38.7 Å². The van der Waals surface area contributed by atoms with Gasteiger partial charge in [0.05, 0.1) is 5.69 Å². The Hall–Kier alpha value is -3.17. The van der Waals surface area contributed by atoms with Gasteiger partial charge in [-0.05, 0) is 43.5 Å². The Kier molecular flexibility index (Phi) is 4.85. The van der Waals surface area contributed by atoms with Crippen molar-refractivity contribution in [1.82, 2.24) is 14.6 Å². The first kappa shape index (κ1) is 19.2. The van der Waals surface area contributed by atoms with E-state index < -0.39 is 18.9 Å². The van der Waals surface area contributed by atoms with Gasteiger partial charge in [-0.1, -0.05) is 6.07 Å². The molecule has 2 heterocycles. The fourth-order valence-electron chi connectivity index (χ4n) is 3.00. The molecule has 0 atom stereocenters. The van der Waals surface area contributed by atoms with Crippen LogP contribution in [0.15, 0.2) is 30.3 Å². The van der Waals surface area contributed by atoms with Crippen LogP contribution in [0.1, 0.15) is 52.6 Å². The number of nitrogens with zero attached hydrogens (tertiary/aromatic N) is 3. The fraction of sp³-hybridized carbons (Fsp3) is 0.316. The van der Waals surface area contributed by atoms with Crippen LogP contribution in [-0.4, -0.2) is 27.1 Å². The van der Waals surface area contributed by atoms with E-state index in [1.807, 2.05) is 0 Å². The van der Waals surface area contributed by atoms with E-state index in [0.29, 0.717) is 11.3 Å². The summed E-state index contributed by atoms with van der Waals surface area (Å²) in [7, 11) is 0. The molecule has 1 aromatic carbocycles. The number of carbonyl (C=O) groups is 1. The number of nitrogens with one attached hydrogen (secondary N) is 1. The summed E-state index contributed by atoms with van der Waals surface area (Å²) in [5, 5.41) is 6.38. The first-order chi connectivity index (χ1) is 13.8. The zero-order valence-electron chi connectivity index (χ0n) is 15.2. The molecule has 1 N–H and O–H groups in total. The number of fused-ring (bicyclic) bond motifs is 1. The third-order valence-electron chi connectivity index (χ3n) is 4.53. The van der Waals surface area contributed by atoms with E-state index in [9.17, 15) is 22.4 Å². The molecule has 10 heteroatoms. The molecule has 0 saturated heterocycles. The Morgan fingerprint density at radius 3 is 2.62 bits per heavy atom. The van der Waals surface area contributed by atoms with Gasteiger partial charge in [0.15, 0.2) is 11.3 Å². The van der Waals surface area contributed by atoms with E-state index in [4.69, 9.17) is 0 Å². The molecule has 1 fully saturated rings. The zero-order valence-corrected chi connectivity index (χ0v) is 15.2. The van der Waals surface area contributed by atoms with Crippen LogP contribution in [0.2, 0.25) is 0 Å². The second kappa shape index (κ2) is 7.34. The van der Waals surface area contributed by atoms with Gasteiger partial charge < -0.3 is 10.1 Å². The van der Waals surface area contributed by atoms with Crippen LogP contribution in [0, 0.1) is 6.92 Å². The van der Waals surface area contributed by atoms with Crippen LogP contribution < -0.4 is 10.1 Å². The Balaban J connectivity index is 1.67. The van der Waals surface area contributed by atoms with E-state index in [1.54, 1.807) is 13.0 Å². The second-order valence-corrected chi connectivity index (χ2v) is 6.81. The van der Waals surface area contributed by atoms with Gasteiger partial charge in [-0.15, -0.1) is 0 Å². The van der Waals surface area contributed by atoms with Gasteiger partial charge in [0.2, 0.25) is 0 Å². The van der Waals surface area contributed by atoms with Gasteiger partial charge in [-0.2, -0.15) is 13.9 Å². The van der Waals surface area contributed by atoms with Crippen molar-refractivity contribution in [1.29, 1.82) is 0 Å². The van der Waals surface area contributed by atoms with Crippen LogP contribution >= 0.6 is 0 Å². The number of aryl methyl sites for hydroxylation is 1. The number of halogens is 4. The molecule has 0 aliphatic heterocycles. The molecule has 0 spiro atoms. The lowest BCUT2D eigenvalue weighted by Crippen LogP contribution is -2.15. The maximum absolute atomic E-state index is 13.5. The highest BCUT2D eigenvalue weighted by molar-refractivity contribution is 6.04. The lowest BCUT2D eigenvalue weighted by atomic mass is 10.2. The van der Waals surface area contributed by atoms with Crippen molar-refractivity contribution in [3.8, 4) is 5.75 Å². The number of rotatable bonds is 6. The number of hydrogen-bond acceptors (Lipinski definition) is 4. The number of alkyl halides is 4. The molecular formula is C19H16F4N4O2. The largest absolute Gasteiger partial charge is 0.433 e. The van der Waals surface area contributed by atoms with Crippen LogP contribution in [0.25, 0.3) is 5.65 Å². The number of hydrogen-bond donors (Lipinski definition) is 1. The minimum Gasteiger partial charge on any atom is -0.433 e. The van der Waals surface area contributed by atoms with Gasteiger partial charge in [-0.3, -0.25) is 4.79 Å². The zero-order chi connectivity index (χ0) is 20.7. The minimum atomic E-state index is -3.07. The molecule has 6 nitrogen and oxygen atoms in total. The molecular weight excluding hydrogens is 392 g/mol. The molecule has 152 valence electrons. The predicted octanol–water partition coefficient (Wildman–Crippen LogP) is 4.71. The highest BCUT2D eigenvalue weighted by Gasteiger charge is 2.28. The van der Waals surface area contributed by atoms with Gasteiger partial charge in [0.25, 0.3) is 12.3 Å². The van der Waals surface area contributed by atoms with Gasteiger partial charge in [0.1, 0.15) is 11.4 Å². The number of benzene rings is 1. The van der Waals surface area contributed by atoms with Crippen LogP contribution in [0.5, 0.6) is 5.75 Å². The number of aromatic nitrogens is 3. The average Bonchev–Trinajstić information content (AvgIpc) is 3.41. The fourth-order valence-corrected chi connectivity index (χ4v) is 3.00. The maximum Gasteiger partial charge on any atom is 0.387 e. The average molecular weight is 408 g/mol. The third-order valence-corrected chi connectivity index (χ3v) is 4.53. The van der Waals surface area contributed by atoms with Gasteiger partial charge in [0, 0.05) is 17.7 Å². The van der Waals surface area contributed by atoms with Gasteiger partial charge >= 0.3 is 6.61 Å². The highest BCUT2D eigenvalue weighted by atomic mass is 19.3. The summed E-state index contributed by atoms with van der Waals surface area (Å²) in [6.45, 7) is -1.35. The van der Waals surface area contributed by atoms with E-state index >= 15 is 0 Å². The number of carbonyl (C=O) groups excluding carboxylic acids is 1. The predicted molar refractivity (Wildman–Crippen MR) is 95.7 cm³/mol. The number of ether oxygens (including phenoxy) is 1. The summed E-state index contributed by atoms with van der Waals surface area (Å²) in [4.78, 5) is 16.9. The quantitative estimate of drug-likeness (QED) is 0.600. The maximum atomic E-state index is 13.5. The smallest absolute Gasteiger partial charge is 0.387 e. The molecule has 1 aliphatic rings. The van der Waals surface area contributed by atoms with Crippen LogP contribution in [-0.2, 0) is 0 Å². The highest BCUT2D eigenvalue weighted by Crippen LogP contribution is 2.40. The molecule has 0 radical (unpaired) electrons. The monoisotopic (exact) mass is 408 g/mol. The number of anilines is 1. The molecule has 3 aromatic rings. The van der Waals surface area contributed by atoms with Crippen molar-refractivity contribution >= 4 is 17.2 Å². The molecule has 0 unspecified atom stereocenters. The molecule has 0 bridgehead atoms. The molecule has 4 rings (SSSR count). The lowest BCUT2D eigenvalue weighted by molar-refractivity contribution is -0.0493. The summed E-state index contributed by atoms with van der Waals surface area (Å²) in [5.74, 6) is -0.829. The van der Waals surface area contributed by atoms with Crippen molar-refractivity contribution in [2.75, 3.05) is 5.32 Å². The Morgan fingerprint density at radius 1 is 1.21 bits per heavy atom. The Bertz CT molecular complexity index is 1080. The molecule has 29 heavy (non-hydrogen) atoms. The van der Waals surface area contributed by atoms with E-state index in [0.717, 1.165) is 17.4 Å². The first-order valence-electron chi connectivity index (χ1n) is 8.87. The summed E-state index contributed by atoms with van der Waals surface area (Å²) in [6, 6.07) is 6.91. The second-order valence-electron chi connectivity index (χ2n) is 6.81. The van der Waals surface area contributed by atoms with Crippen molar-refractivity contribution < 1.29 is 27.1 Å². The molecule has 1 aliphatic carbocycles. The normalized spacial score (nSPS) is 14.0. The van der Waals surface area contributed by atoms with E-state index in [2.05, 4.69) is 20.1 Å². The Morgan fingerprint density at radius 2 is 1.97 bits per heavy atom. The van der Waals surface area contributed by atoms with Crippen LogP contribution in [0.4, 0.5) is 23.2 Å². The standard InChI is InChI=1S/C19H16F4N4O2/c1-9-2-5-15(29-19(22)23)12(6-9)25-18(28)13-8-16-24-11(10-3-4-10)7-14(17(20)21)27(16)26-13/h2,5-8,10,17,19H,3-4H2,1H3,(H,25,28). The van der Waals surface area contributed by atoms with Crippen molar-refractivity contribution in [3.05, 3.63) is 53.0 Å². The van der Waals surface area contributed by atoms with Crippen molar-refractivity contribution in [2.24, 2.45) is 0 Å². The lowest BCUT2D eigenvalue weighted by Gasteiger charge is -2.12. The topological polar surface area (TPSA) is 68.5 Å².